The molecule has 0 fully saturated rings. The fourth-order valence-corrected chi connectivity index (χ4v) is 3.05. The number of aromatic nitrogens is 5. The zero-order valence-corrected chi connectivity index (χ0v) is 15.6. The van der Waals surface area contributed by atoms with E-state index in [9.17, 15) is 8.78 Å². The molecule has 7 nitrogen and oxygen atoms in total. The first-order valence-electron chi connectivity index (χ1n) is 8.20. The topological polar surface area (TPSA) is 91.7 Å². The average Bonchev–Trinajstić information content (AvgIpc) is 3.11. The Bertz CT molecular complexity index is 1250. The van der Waals surface area contributed by atoms with Crippen LogP contribution in [-0.4, -0.2) is 24.7 Å². The molecule has 0 unspecified atom stereocenters. The van der Waals surface area contributed by atoms with E-state index in [2.05, 4.69) is 20.1 Å². The molecule has 0 saturated carbocycles. The highest BCUT2D eigenvalue weighted by atomic mass is 35.5. The molecular weight excluding hydrogens is 409 g/mol. The third-order valence-electron chi connectivity index (χ3n) is 4.16. The molecule has 0 aliphatic heterocycles. The van der Waals surface area contributed by atoms with Gasteiger partial charge < -0.3 is 10.5 Å². The van der Waals surface area contributed by atoms with Gasteiger partial charge in [-0.25, -0.2) is 28.1 Å². The minimum absolute atomic E-state index is 0.00570. The summed E-state index contributed by atoms with van der Waals surface area (Å²) in [6.07, 6.45) is 2.59. The van der Waals surface area contributed by atoms with Crippen LogP contribution in [0.25, 0.3) is 22.0 Å². The van der Waals surface area contributed by atoms with Crippen molar-refractivity contribution in [1.82, 2.24) is 24.7 Å². The highest BCUT2D eigenvalue weighted by molar-refractivity contribution is 6.31. The van der Waals surface area contributed by atoms with Crippen LogP contribution in [-0.2, 0) is 13.7 Å². The van der Waals surface area contributed by atoms with E-state index in [1.165, 1.54) is 11.0 Å². The maximum Gasteiger partial charge on any atom is 0.188 e. The van der Waals surface area contributed by atoms with E-state index in [-0.39, 0.29) is 40.2 Å². The van der Waals surface area contributed by atoms with Crippen molar-refractivity contribution in [2.45, 2.75) is 6.61 Å². The van der Waals surface area contributed by atoms with Gasteiger partial charge >= 0.3 is 0 Å². The number of rotatable bonds is 4. The van der Waals surface area contributed by atoms with Crippen LogP contribution in [0.2, 0.25) is 5.02 Å². The first-order chi connectivity index (χ1) is 13.9. The minimum atomic E-state index is -1.12. The van der Waals surface area contributed by atoms with Gasteiger partial charge in [-0.2, -0.15) is 5.10 Å². The summed E-state index contributed by atoms with van der Waals surface area (Å²) in [5, 5.41) is 3.48. The molecule has 4 rings (SSSR count). The molecule has 11 heteroatoms. The number of anilines is 1. The SMILES string of the molecule is Cn1cnc(COc2cc(F)c(-c3ccc(F)c(Cl)c3F)c3ncnc(N)c23)n1. The molecule has 2 aromatic heterocycles. The summed E-state index contributed by atoms with van der Waals surface area (Å²) in [6, 6.07) is 3.04. The molecule has 0 aliphatic carbocycles. The van der Waals surface area contributed by atoms with Crippen molar-refractivity contribution in [2.75, 3.05) is 5.73 Å². The maximum atomic E-state index is 15.0. The second kappa shape index (κ2) is 7.21. The van der Waals surface area contributed by atoms with Gasteiger partial charge in [0.25, 0.3) is 0 Å². The number of ether oxygens (including phenoxy) is 1. The van der Waals surface area contributed by atoms with Crippen molar-refractivity contribution in [3.05, 3.63) is 59.2 Å². The number of halogens is 4. The maximum absolute atomic E-state index is 15.0. The third-order valence-corrected chi connectivity index (χ3v) is 4.51. The van der Waals surface area contributed by atoms with E-state index in [4.69, 9.17) is 22.1 Å². The van der Waals surface area contributed by atoms with Crippen LogP contribution in [0, 0.1) is 17.5 Å². The molecule has 0 spiro atoms. The zero-order valence-electron chi connectivity index (χ0n) is 14.8. The fraction of sp³-hybridized carbons (Fsp3) is 0.111. The van der Waals surface area contributed by atoms with E-state index in [0.717, 1.165) is 24.5 Å². The lowest BCUT2D eigenvalue weighted by atomic mass is 10.00. The molecule has 4 aromatic rings. The summed E-state index contributed by atoms with van der Waals surface area (Å²) in [6.45, 7) is -0.0696. The van der Waals surface area contributed by atoms with Crippen LogP contribution in [0.1, 0.15) is 5.82 Å². The largest absolute Gasteiger partial charge is 0.485 e. The standard InChI is InChI=1S/C18H12ClF3N6O/c1-28-7-26-12(27-28)5-29-11-4-10(21)13(17-14(11)18(23)25-6-24-17)8-2-3-9(20)15(19)16(8)22/h2-4,6-7H,5H2,1H3,(H2,23,24,25). The number of nitrogen functional groups attached to an aromatic ring is 1. The van der Waals surface area contributed by atoms with E-state index in [1.807, 2.05) is 0 Å². The number of nitrogens with two attached hydrogens (primary N) is 1. The van der Waals surface area contributed by atoms with E-state index >= 15 is 4.39 Å². The minimum Gasteiger partial charge on any atom is -0.485 e. The lowest BCUT2D eigenvalue weighted by Crippen LogP contribution is -2.04. The summed E-state index contributed by atoms with van der Waals surface area (Å²) in [5.41, 5.74) is 5.43. The molecule has 2 N–H and O–H groups in total. The van der Waals surface area contributed by atoms with Gasteiger partial charge in [-0.3, -0.25) is 4.68 Å². The number of hydrogen-bond acceptors (Lipinski definition) is 6. The summed E-state index contributed by atoms with van der Waals surface area (Å²) in [4.78, 5) is 12.0. The summed E-state index contributed by atoms with van der Waals surface area (Å²) in [5.74, 6) is -2.56. The average molecular weight is 421 g/mol. The third kappa shape index (κ3) is 3.31. The van der Waals surface area contributed by atoms with Gasteiger partial charge in [-0.1, -0.05) is 11.6 Å². The first-order valence-corrected chi connectivity index (χ1v) is 8.58. The lowest BCUT2D eigenvalue weighted by Gasteiger charge is -2.14. The van der Waals surface area contributed by atoms with Gasteiger partial charge in [0.05, 0.1) is 10.9 Å². The predicted molar refractivity (Wildman–Crippen MR) is 99.6 cm³/mol. The molecule has 148 valence electrons. The molecule has 2 heterocycles. The van der Waals surface area contributed by atoms with Crippen molar-refractivity contribution in [1.29, 1.82) is 0 Å². The molecule has 29 heavy (non-hydrogen) atoms. The highest BCUT2D eigenvalue weighted by Crippen LogP contribution is 2.40. The molecule has 2 aromatic carbocycles. The number of benzene rings is 2. The molecular formula is C18H12ClF3N6O. The number of aryl methyl sites for hydroxylation is 1. The second-order valence-electron chi connectivity index (χ2n) is 6.06. The smallest absolute Gasteiger partial charge is 0.188 e. The van der Waals surface area contributed by atoms with Gasteiger partial charge in [0.2, 0.25) is 0 Å². The van der Waals surface area contributed by atoms with Gasteiger partial charge in [-0.05, 0) is 12.1 Å². The van der Waals surface area contributed by atoms with Crippen molar-refractivity contribution >= 4 is 28.3 Å². The monoisotopic (exact) mass is 420 g/mol. The molecule has 0 radical (unpaired) electrons. The van der Waals surface area contributed by atoms with Gasteiger partial charge in [0.15, 0.2) is 11.6 Å². The van der Waals surface area contributed by atoms with E-state index in [1.54, 1.807) is 7.05 Å². The van der Waals surface area contributed by atoms with Crippen molar-refractivity contribution in [2.24, 2.45) is 7.05 Å². The number of hydrogen-bond donors (Lipinski definition) is 1. The lowest BCUT2D eigenvalue weighted by molar-refractivity contribution is 0.298. The van der Waals surface area contributed by atoms with Crippen molar-refractivity contribution < 1.29 is 17.9 Å². The number of nitrogens with zero attached hydrogens (tertiary/aromatic N) is 5. The molecule has 0 amide bonds. The van der Waals surface area contributed by atoms with Crippen LogP contribution >= 0.6 is 11.6 Å². The van der Waals surface area contributed by atoms with Crippen LogP contribution in [0.15, 0.2) is 30.9 Å². The number of fused-ring (bicyclic) bond motifs is 1. The molecule has 0 bridgehead atoms. The summed E-state index contributed by atoms with van der Waals surface area (Å²) < 4.78 is 50.2. The highest BCUT2D eigenvalue weighted by Gasteiger charge is 2.23. The Hall–Kier alpha value is -3.40. The zero-order chi connectivity index (χ0) is 20.7. The van der Waals surface area contributed by atoms with Crippen LogP contribution in [0.5, 0.6) is 5.75 Å². The predicted octanol–water partition coefficient (Wildman–Crippen LogP) is 3.66. The summed E-state index contributed by atoms with van der Waals surface area (Å²) in [7, 11) is 1.69. The fourth-order valence-electron chi connectivity index (χ4n) is 2.89. The van der Waals surface area contributed by atoms with E-state index < -0.39 is 22.5 Å². The molecule has 0 atom stereocenters. The Morgan fingerprint density at radius 2 is 1.93 bits per heavy atom. The quantitative estimate of drug-likeness (QED) is 0.507. The second-order valence-corrected chi connectivity index (χ2v) is 6.44. The van der Waals surface area contributed by atoms with Crippen LogP contribution < -0.4 is 10.5 Å². The Labute approximate surface area is 166 Å². The van der Waals surface area contributed by atoms with Crippen LogP contribution in [0.3, 0.4) is 0 Å². The van der Waals surface area contributed by atoms with Gasteiger partial charge in [-0.15, -0.1) is 0 Å². The van der Waals surface area contributed by atoms with E-state index in [0.29, 0.717) is 5.82 Å². The van der Waals surface area contributed by atoms with Gasteiger partial charge in [0.1, 0.15) is 47.5 Å². The first kappa shape index (κ1) is 18.9. The van der Waals surface area contributed by atoms with Crippen molar-refractivity contribution in [3.63, 3.8) is 0 Å². The van der Waals surface area contributed by atoms with Crippen LogP contribution in [0.4, 0.5) is 19.0 Å². The Morgan fingerprint density at radius 3 is 2.66 bits per heavy atom. The molecule has 0 aliphatic rings. The molecule has 0 saturated heterocycles. The van der Waals surface area contributed by atoms with Crippen molar-refractivity contribution in [3.8, 4) is 16.9 Å². The Kier molecular flexibility index (Phi) is 4.71. The normalized spacial score (nSPS) is 11.2. The van der Waals surface area contributed by atoms with Gasteiger partial charge in [0, 0.05) is 24.2 Å². The Morgan fingerprint density at radius 1 is 1.14 bits per heavy atom. The summed E-state index contributed by atoms with van der Waals surface area (Å²) >= 11 is 5.65. The Balaban J connectivity index is 1.89.